The largest absolute Gasteiger partial charge is 0.344 e. The fourth-order valence-corrected chi connectivity index (χ4v) is 0. The van der Waals surface area contributed by atoms with Crippen LogP contribution in [0.1, 0.15) is 27.7 Å². The lowest BCUT2D eigenvalue weighted by Gasteiger charge is -2.34. The normalized spacial score (nSPS) is 12.7. The molecule has 0 radical (unpaired) electrons. The Balaban J connectivity index is 0. The van der Waals surface area contributed by atoms with Crippen LogP contribution >= 0.6 is 0 Å². The summed E-state index contributed by atoms with van der Waals surface area (Å²) in [6.07, 6.45) is 0. The van der Waals surface area contributed by atoms with Gasteiger partial charge in [-0.15, -0.1) is 0 Å². The Hall–Kier alpha value is -0.120. The van der Waals surface area contributed by atoms with Crippen LogP contribution in [0.2, 0.25) is 0 Å². The molecule has 7 N–H and O–H groups in total. The van der Waals surface area contributed by atoms with E-state index in [0.29, 0.717) is 0 Å². The van der Waals surface area contributed by atoms with Crippen molar-refractivity contribution < 1.29 is 0 Å². The highest BCUT2D eigenvalue weighted by molar-refractivity contribution is 4.93. The zero-order valence-corrected chi connectivity index (χ0v) is 6.86. The molecule has 0 fully saturated rings. The van der Waals surface area contributed by atoms with Crippen LogP contribution in [-0.4, -0.2) is 11.1 Å². The summed E-state index contributed by atoms with van der Waals surface area (Å²) in [5.41, 5.74) is 10.8. The summed E-state index contributed by atoms with van der Waals surface area (Å²) < 4.78 is 0. The van der Waals surface area contributed by atoms with E-state index in [2.05, 4.69) is 0 Å². The van der Waals surface area contributed by atoms with Gasteiger partial charge in [-0.1, -0.05) is 0 Å². The van der Waals surface area contributed by atoms with E-state index in [1.54, 1.807) is 0 Å². The van der Waals surface area contributed by atoms with Crippen molar-refractivity contribution in [1.82, 2.24) is 6.15 Å². The van der Waals surface area contributed by atoms with Crippen LogP contribution in [0.3, 0.4) is 0 Å². The Labute approximate surface area is 57.4 Å². The van der Waals surface area contributed by atoms with Gasteiger partial charge in [-0.3, -0.25) is 0 Å². The highest BCUT2D eigenvalue weighted by atomic mass is 14.9. The molecule has 0 aliphatic heterocycles. The first-order valence-corrected chi connectivity index (χ1v) is 2.83. The molecule has 0 rings (SSSR count). The molecule has 0 heterocycles. The smallest absolute Gasteiger partial charge is 0.0274 e. The molecule has 0 bridgehead atoms. The molecule has 0 amide bonds. The summed E-state index contributed by atoms with van der Waals surface area (Å²) in [6, 6.07) is 0. The summed E-state index contributed by atoms with van der Waals surface area (Å²) in [7, 11) is 0. The van der Waals surface area contributed by atoms with Gasteiger partial charge in [0.1, 0.15) is 0 Å². The van der Waals surface area contributed by atoms with Gasteiger partial charge in [0.2, 0.25) is 0 Å². The standard InChI is InChI=1S/C6H16N2.H3N/c1-5(2,7)6(3,4)8;/h7-8H2,1-4H3;1H3. The average molecular weight is 133 g/mol. The third-order valence-corrected chi connectivity index (χ3v) is 1.66. The first-order valence-electron chi connectivity index (χ1n) is 2.83. The Morgan fingerprint density at radius 1 is 0.778 bits per heavy atom. The summed E-state index contributed by atoms with van der Waals surface area (Å²) >= 11 is 0. The molecule has 0 atom stereocenters. The Morgan fingerprint density at radius 2 is 0.889 bits per heavy atom. The minimum atomic E-state index is -0.285. The van der Waals surface area contributed by atoms with Gasteiger partial charge in [-0.25, -0.2) is 0 Å². The molecule has 58 valence electrons. The molecule has 3 heteroatoms. The first kappa shape index (κ1) is 11.6. The summed E-state index contributed by atoms with van der Waals surface area (Å²) in [5.74, 6) is 0. The van der Waals surface area contributed by atoms with E-state index < -0.39 is 0 Å². The quantitative estimate of drug-likeness (QED) is 0.490. The third-order valence-electron chi connectivity index (χ3n) is 1.66. The van der Waals surface area contributed by atoms with E-state index in [1.165, 1.54) is 0 Å². The molecule has 0 saturated heterocycles. The lowest BCUT2D eigenvalue weighted by molar-refractivity contribution is 0.309. The van der Waals surface area contributed by atoms with E-state index in [9.17, 15) is 0 Å². The summed E-state index contributed by atoms with van der Waals surface area (Å²) in [6.45, 7) is 7.69. The molecule has 0 unspecified atom stereocenters. The Morgan fingerprint density at radius 3 is 0.889 bits per heavy atom. The minimum absolute atomic E-state index is 0. The predicted octanol–water partition coefficient (Wildman–Crippen LogP) is 0.623. The molecular weight excluding hydrogens is 114 g/mol. The van der Waals surface area contributed by atoms with Crippen LogP contribution in [-0.2, 0) is 0 Å². The van der Waals surface area contributed by atoms with Gasteiger partial charge in [0.15, 0.2) is 0 Å². The van der Waals surface area contributed by atoms with E-state index in [4.69, 9.17) is 11.5 Å². The summed E-state index contributed by atoms with van der Waals surface area (Å²) in [4.78, 5) is 0. The first-order chi connectivity index (χ1) is 3.25. The van der Waals surface area contributed by atoms with Gasteiger partial charge in [0.05, 0.1) is 0 Å². The van der Waals surface area contributed by atoms with Gasteiger partial charge in [0, 0.05) is 11.1 Å². The van der Waals surface area contributed by atoms with Crippen LogP contribution in [0.15, 0.2) is 0 Å². The maximum Gasteiger partial charge on any atom is 0.0274 e. The molecule has 0 aromatic carbocycles. The predicted molar refractivity (Wildman–Crippen MR) is 41.6 cm³/mol. The number of hydrogen-bond acceptors (Lipinski definition) is 3. The van der Waals surface area contributed by atoms with E-state index in [0.717, 1.165) is 0 Å². The van der Waals surface area contributed by atoms with Crippen molar-refractivity contribution >= 4 is 0 Å². The summed E-state index contributed by atoms with van der Waals surface area (Å²) in [5, 5.41) is 0. The van der Waals surface area contributed by atoms with Crippen LogP contribution in [0, 0.1) is 0 Å². The second kappa shape index (κ2) is 2.64. The highest BCUT2D eigenvalue weighted by Gasteiger charge is 2.28. The lowest BCUT2D eigenvalue weighted by atomic mass is 9.85. The van der Waals surface area contributed by atoms with Crippen molar-refractivity contribution in [3.8, 4) is 0 Å². The van der Waals surface area contributed by atoms with Crippen molar-refractivity contribution in [2.75, 3.05) is 0 Å². The van der Waals surface area contributed by atoms with Crippen LogP contribution in [0.25, 0.3) is 0 Å². The molecule has 0 aromatic heterocycles. The van der Waals surface area contributed by atoms with Gasteiger partial charge in [-0.05, 0) is 27.7 Å². The van der Waals surface area contributed by atoms with E-state index in [1.807, 2.05) is 27.7 Å². The SMILES string of the molecule is CC(C)(N)C(C)(C)N.N. The van der Waals surface area contributed by atoms with Crippen LogP contribution in [0.4, 0.5) is 0 Å². The highest BCUT2D eigenvalue weighted by Crippen LogP contribution is 2.13. The molecular formula is C6H19N3. The maximum absolute atomic E-state index is 5.69. The molecule has 0 saturated carbocycles. The van der Waals surface area contributed by atoms with Crippen molar-refractivity contribution in [3.63, 3.8) is 0 Å². The Kier molecular flexibility index (Phi) is 3.42. The fraction of sp³-hybridized carbons (Fsp3) is 1.00. The number of nitrogens with two attached hydrogens (primary N) is 2. The molecule has 9 heavy (non-hydrogen) atoms. The molecule has 0 aliphatic carbocycles. The molecule has 0 aromatic rings. The molecule has 3 nitrogen and oxygen atoms in total. The van der Waals surface area contributed by atoms with Gasteiger partial charge >= 0.3 is 0 Å². The number of hydrogen-bond donors (Lipinski definition) is 3. The van der Waals surface area contributed by atoms with Crippen LogP contribution in [0.5, 0.6) is 0 Å². The van der Waals surface area contributed by atoms with E-state index >= 15 is 0 Å². The van der Waals surface area contributed by atoms with Crippen molar-refractivity contribution in [1.29, 1.82) is 0 Å². The zero-order valence-electron chi connectivity index (χ0n) is 6.86. The van der Waals surface area contributed by atoms with Crippen LogP contribution < -0.4 is 17.6 Å². The lowest BCUT2D eigenvalue weighted by Crippen LogP contribution is -2.58. The fourth-order valence-electron chi connectivity index (χ4n) is 0. The number of rotatable bonds is 1. The minimum Gasteiger partial charge on any atom is -0.344 e. The van der Waals surface area contributed by atoms with Gasteiger partial charge in [-0.2, -0.15) is 0 Å². The van der Waals surface area contributed by atoms with Crippen molar-refractivity contribution in [2.24, 2.45) is 11.5 Å². The maximum atomic E-state index is 5.69. The van der Waals surface area contributed by atoms with Crippen molar-refractivity contribution in [2.45, 2.75) is 38.8 Å². The van der Waals surface area contributed by atoms with Crippen molar-refractivity contribution in [3.05, 3.63) is 0 Å². The topological polar surface area (TPSA) is 87.0 Å². The Bertz CT molecular complexity index is 63.3. The monoisotopic (exact) mass is 133 g/mol. The van der Waals surface area contributed by atoms with Gasteiger partial charge < -0.3 is 17.6 Å². The second-order valence-electron chi connectivity index (χ2n) is 3.44. The average Bonchev–Trinajstić information content (AvgIpc) is 1.25. The zero-order chi connectivity index (χ0) is 7.00. The molecule has 0 spiro atoms. The second-order valence-corrected chi connectivity index (χ2v) is 3.44. The van der Waals surface area contributed by atoms with E-state index in [-0.39, 0.29) is 17.2 Å². The third kappa shape index (κ3) is 3.46. The van der Waals surface area contributed by atoms with Gasteiger partial charge in [0.25, 0.3) is 0 Å². The molecule has 0 aliphatic rings.